The largest absolute Gasteiger partial charge is 0.357 e. The van der Waals surface area contributed by atoms with E-state index in [9.17, 15) is 4.79 Å². The molecule has 2 aliphatic heterocycles. The van der Waals surface area contributed by atoms with Crippen molar-refractivity contribution >= 4 is 11.7 Å². The van der Waals surface area contributed by atoms with Crippen LogP contribution in [-0.2, 0) is 0 Å². The van der Waals surface area contributed by atoms with Gasteiger partial charge in [0, 0.05) is 36.8 Å². The van der Waals surface area contributed by atoms with Crippen LogP contribution < -0.4 is 10.2 Å². The molecule has 6 nitrogen and oxygen atoms in total. The van der Waals surface area contributed by atoms with E-state index in [1.165, 1.54) is 38.8 Å². The van der Waals surface area contributed by atoms with Crippen LogP contribution in [0.15, 0.2) is 36.7 Å². The van der Waals surface area contributed by atoms with E-state index in [0.717, 1.165) is 49.7 Å². The summed E-state index contributed by atoms with van der Waals surface area (Å²) in [4.78, 5) is 26.0. The minimum atomic E-state index is -0.00610. The maximum atomic E-state index is 12.4. The van der Waals surface area contributed by atoms with E-state index in [1.807, 2.05) is 30.3 Å². The molecule has 0 aliphatic carbocycles. The molecular weight excluding hydrogens is 350 g/mol. The highest BCUT2D eigenvalue weighted by Gasteiger charge is 2.15. The minimum Gasteiger partial charge on any atom is -0.357 e. The molecule has 2 aromatic rings. The predicted molar refractivity (Wildman–Crippen MR) is 112 cm³/mol. The molecule has 4 rings (SSSR count). The summed E-state index contributed by atoms with van der Waals surface area (Å²) >= 11 is 0. The number of aromatic nitrogens is 2. The van der Waals surface area contributed by atoms with Crippen LogP contribution >= 0.6 is 0 Å². The predicted octanol–water partition coefficient (Wildman–Crippen LogP) is 2.96. The fraction of sp³-hybridized carbons (Fsp3) is 0.500. The Morgan fingerprint density at radius 2 is 1.68 bits per heavy atom. The molecule has 0 atom stereocenters. The number of nitrogens with one attached hydrogen (secondary N) is 1. The number of hydrogen-bond donors (Lipinski definition) is 1. The maximum Gasteiger partial charge on any atom is 0.251 e. The van der Waals surface area contributed by atoms with E-state index in [0.29, 0.717) is 5.56 Å². The van der Waals surface area contributed by atoms with Crippen LogP contribution in [0.2, 0.25) is 0 Å². The number of benzene rings is 1. The van der Waals surface area contributed by atoms with Gasteiger partial charge in [0.15, 0.2) is 0 Å². The van der Waals surface area contributed by atoms with Crippen LogP contribution in [0.3, 0.4) is 0 Å². The summed E-state index contributed by atoms with van der Waals surface area (Å²) in [6.45, 7) is 6.34. The second kappa shape index (κ2) is 9.15. The Kier molecular flexibility index (Phi) is 6.17. The Morgan fingerprint density at radius 1 is 0.964 bits per heavy atom. The second-order valence-electron chi connectivity index (χ2n) is 7.69. The van der Waals surface area contributed by atoms with Gasteiger partial charge in [-0.25, -0.2) is 9.97 Å². The molecule has 2 aliphatic rings. The molecular formula is C22H29N5O. The lowest BCUT2D eigenvalue weighted by Crippen LogP contribution is -2.28. The van der Waals surface area contributed by atoms with E-state index in [2.05, 4.69) is 25.1 Å². The number of nitrogens with zero attached hydrogens (tertiary/aromatic N) is 4. The Labute approximate surface area is 167 Å². The molecule has 1 aromatic carbocycles. The first-order valence-electron chi connectivity index (χ1n) is 10.5. The van der Waals surface area contributed by atoms with Gasteiger partial charge < -0.3 is 15.1 Å². The molecule has 0 unspecified atom stereocenters. The number of rotatable bonds is 7. The fourth-order valence-corrected chi connectivity index (χ4v) is 4.03. The van der Waals surface area contributed by atoms with Crippen molar-refractivity contribution in [3.8, 4) is 11.3 Å². The van der Waals surface area contributed by atoms with Crippen molar-refractivity contribution in [3.63, 3.8) is 0 Å². The average Bonchev–Trinajstić information content (AvgIpc) is 3.45. The number of carbonyl (C=O) groups is 1. The van der Waals surface area contributed by atoms with Crippen LogP contribution in [0.1, 0.15) is 42.5 Å². The van der Waals surface area contributed by atoms with Gasteiger partial charge in [-0.15, -0.1) is 0 Å². The summed E-state index contributed by atoms with van der Waals surface area (Å²) in [5, 5.41) is 3.03. The fourth-order valence-electron chi connectivity index (χ4n) is 4.03. The lowest BCUT2D eigenvalue weighted by Gasteiger charge is -2.16. The first-order chi connectivity index (χ1) is 13.8. The highest BCUT2D eigenvalue weighted by Crippen LogP contribution is 2.23. The van der Waals surface area contributed by atoms with Crippen molar-refractivity contribution in [1.82, 2.24) is 20.2 Å². The van der Waals surface area contributed by atoms with Crippen LogP contribution in [0, 0.1) is 0 Å². The molecule has 1 N–H and O–H groups in total. The van der Waals surface area contributed by atoms with Gasteiger partial charge in [0.2, 0.25) is 0 Å². The zero-order valence-corrected chi connectivity index (χ0v) is 16.4. The standard InChI is InChI=1S/C22H29N5O/c28-22(23-10-5-13-26-11-1-2-12-26)19-8-6-18(7-9-19)20-16-21(25-17-24-20)27-14-3-4-15-27/h6-9,16-17H,1-5,10-15H2,(H,23,28). The Bertz CT molecular complexity index is 780. The first kappa shape index (κ1) is 18.9. The maximum absolute atomic E-state index is 12.4. The smallest absolute Gasteiger partial charge is 0.251 e. The highest BCUT2D eigenvalue weighted by molar-refractivity contribution is 5.94. The number of amides is 1. The molecule has 2 fully saturated rings. The normalized spacial score (nSPS) is 17.2. The Balaban J connectivity index is 1.31. The second-order valence-corrected chi connectivity index (χ2v) is 7.69. The topological polar surface area (TPSA) is 61.4 Å². The summed E-state index contributed by atoms with van der Waals surface area (Å²) in [6.07, 6.45) is 7.70. The van der Waals surface area contributed by atoms with Crippen molar-refractivity contribution < 1.29 is 4.79 Å². The van der Waals surface area contributed by atoms with Crippen LogP contribution in [0.5, 0.6) is 0 Å². The molecule has 1 amide bonds. The summed E-state index contributed by atoms with van der Waals surface area (Å²) in [5.74, 6) is 0.982. The molecule has 0 saturated carbocycles. The van der Waals surface area contributed by atoms with E-state index < -0.39 is 0 Å². The van der Waals surface area contributed by atoms with Crippen LogP contribution in [0.4, 0.5) is 5.82 Å². The third-order valence-electron chi connectivity index (χ3n) is 5.66. The number of anilines is 1. The zero-order valence-electron chi connectivity index (χ0n) is 16.4. The first-order valence-corrected chi connectivity index (χ1v) is 10.5. The van der Waals surface area contributed by atoms with Gasteiger partial charge in [0.25, 0.3) is 5.91 Å². The number of likely N-dealkylation sites (tertiary alicyclic amines) is 1. The van der Waals surface area contributed by atoms with Crippen molar-refractivity contribution in [3.05, 3.63) is 42.2 Å². The molecule has 0 spiro atoms. The van der Waals surface area contributed by atoms with Crippen molar-refractivity contribution in [2.24, 2.45) is 0 Å². The summed E-state index contributed by atoms with van der Waals surface area (Å²) < 4.78 is 0. The highest BCUT2D eigenvalue weighted by atomic mass is 16.1. The summed E-state index contributed by atoms with van der Waals surface area (Å²) in [6, 6.07) is 9.73. The Morgan fingerprint density at radius 3 is 2.43 bits per heavy atom. The third-order valence-corrected chi connectivity index (χ3v) is 5.66. The average molecular weight is 380 g/mol. The van der Waals surface area contributed by atoms with Crippen molar-refractivity contribution in [2.45, 2.75) is 32.1 Å². The van der Waals surface area contributed by atoms with Gasteiger partial charge in [0.05, 0.1) is 5.69 Å². The molecule has 6 heteroatoms. The summed E-state index contributed by atoms with van der Waals surface area (Å²) in [5.41, 5.74) is 2.60. The van der Waals surface area contributed by atoms with Gasteiger partial charge in [-0.3, -0.25) is 4.79 Å². The monoisotopic (exact) mass is 379 g/mol. The van der Waals surface area contributed by atoms with Gasteiger partial charge in [-0.2, -0.15) is 0 Å². The molecule has 28 heavy (non-hydrogen) atoms. The SMILES string of the molecule is O=C(NCCCN1CCCC1)c1ccc(-c2cc(N3CCCC3)ncn2)cc1. The zero-order chi connectivity index (χ0) is 19.2. The molecule has 2 saturated heterocycles. The molecule has 0 bridgehead atoms. The lowest BCUT2D eigenvalue weighted by atomic mass is 10.1. The lowest BCUT2D eigenvalue weighted by molar-refractivity contribution is 0.0952. The van der Waals surface area contributed by atoms with E-state index in [-0.39, 0.29) is 5.91 Å². The van der Waals surface area contributed by atoms with Gasteiger partial charge >= 0.3 is 0 Å². The van der Waals surface area contributed by atoms with Gasteiger partial charge in [0.1, 0.15) is 12.1 Å². The number of carbonyl (C=O) groups excluding carboxylic acids is 1. The summed E-state index contributed by atoms with van der Waals surface area (Å²) in [7, 11) is 0. The molecule has 1 aromatic heterocycles. The van der Waals surface area contributed by atoms with Crippen molar-refractivity contribution in [2.75, 3.05) is 44.2 Å². The number of hydrogen-bond acceptors (Lipinski definition) is 5. The molecule has 3 heterocycles. The van der Waals surface area contributed by atoms with E-state index >= 15 is 0 Å². The third kappa shape index (κ3) is 4.68. The minimum absolute atomic E-state index is 0.00610. The molecule has 148 valence electrons. The Hall–Kier alpha value is -2.47. The van der Waals surface area contributed by atoms with E-state index in [1.54, 1.807) is 6.33 Å². The van der Waals surface area contributed by atoms with Crippen LogP contribution in [0.25, 0.3) is 11.3 Å². The van der Waals surface area contributed by atoms with Gasteiger partial charge in [-0.1, -0.05) is 12.1 Å². The van der Waals surface area contributed by atoms with Crippen molar-refractivity contribution in [1.29, 1.82) is 0 Å². The van der Waals surface area contributed by atoms with Crippen LogP contribution in [-0.4, -0.2) is 60.0 Å². The molecule has 0 radical (unpaired) electrons. The van der Waals surface area contributed by atoms with Gasteiger partial charge in [-0.05, 0) is 63.9 Å². The quantitative estimate of drug-likeness (QED) is 0.750. The van der Waals surface area contributed by atoms with E-state index in [4.69, 9.17) is 0 Å².